The van der Waals surface area contributed by atoms with Crippen LogP contribution in [-0.4, -0.2) is 18.3 Å². The molecule has 0 N–H and O–H groups in total. The number of aryl methyl sites for hydroxylation is 2. The van der Waals surface area contributed by atoms with Gasteiger partial charge in [0.15, 0.2) is 0 Å². The summed E-state index contributed by atoms with van der Waals surface area (Å²) in [6.07, 6.45) is 0. The molecule has 0 unspecified atom stereocenters. The molecule has 2 rings (SSSR count). The predicted octanol–water partition coefficient (Wildman–Crippen LogP) is 3.37. The zero-order chi connectivity index (χ0) is 13.7. The first-order chi connectivity index (χ1) is 8.14. The molecule has 0 bridgehead atoms. The van der Waals surface area contributed by atoms with Crippen molar-refractivity contribution in [3.05, 3.63) is 27.7 Å². The summed E-state index contributed by atoms with van der Waals surface area (Å²) < 4.78 is 13.3. The van der Waals surface area contributed by atoms with E-state index in [9.17, 15) is 0 Å². The minimum Gasteiger partial charge on any atom is -0.399 e. The highest BCUT2D eigenvalue weighted by atomic mass is 79.9. The van der Waals surface area contributed by atoms with E-state index < -0.39 is 0 Å². The third-order valence-corrected chi connectivity index (χ3v) is 4.51. The van der Waals surface area contributed by atoms with Crippen molar-refractivity contribution in [3.63, 3.8) is 0 Å². The van der Waals surface area contributed by atoms with Crippen molar-refractivity contribution < 1.29 is 9.31 Å². The monoisotopic (exact) mass is 310 g/mol. The van der Waals surface area contributed by atoms with Crippen molar-refractivity contribution in [3.8, 4) is 0 Å². The smallest absolute Gasteiger partial charge is 0.399 e. The van der Waals surface area contributed by atoms with Crippen molar-refractivity contribution in [2.45, 2.75) is 52.7 Å². The van der Waals surface area contributed by atoms with Crippen molar-refractivity contribution >= 4 is 28.5 Å². The van der Waals surface area contributed by atoms with Crippen LogP contribution in [0.4, 0.5) is 0 Å². The van der Waals surface area contributed by atoms with Gasteiger partial charge in [-0.1, -0.05) is 15.9 Å². The van der Waals surface area contributed by atoms with Gasteiger partial charge in [-0.15, -0.1) is 0 Å². The van der Waals surface area contributed by atoms with E-state index in [1.54, 1.807) is 0 Å². The average Bonchev–Trinajstić information content (AvgIpc) is 2.32. The van der Waals surface area contributed by atoms with E-state index in [2.05, 4.69) is 69.6 Å². The molecule has 1 saturated heterocycles. The van der Waals surface area contributed by atoms with E-state index in [0.29, 0.717) is 0 Å². The van der Waals surface area contributed by atoms with Crippen molar-refractivity contribution in [2.24, 2.45) is 0 Å². The second kappa shape index (κ2) is 4.36. The number of benzene rings is 1. The minimum atomic E-state index is -0.288. The Hall–Kier alpha value is -0.315. The minimum absolute atomic E-state index is 0.275. The molecule has 0 saturated carbocycles. The van der Waals surface area contributed by atoms with E-state index in [1.807, 2.05) is 0 Å². The number of rotatable bonds is 1. The fourth-order valence-electron chi connectivity index (χ4n) is 2.25. The second-order valence-electron chi connectivity index (χ2n) is 6.04. The lowest BCUT2D eigenvalue weighted by atomic mass is 9.73. The van der Waals surface area contributed by atoms with Crippen LogP contribution in [0, 0.1) is 13.8 Å². The van der Waals surface area contributed by atoms with Gasteiger partial charge < -0.3 is 9.31 Å². The van der Waals surface area contributed by atoms with Crippen LogP contribution in [0.25, 0.3) is 0 Å². The van der Waals surface area contributed by atoms with Gasteiger partial charge in [-0.3, -0.25) is 0 Å². The maximum absolute atomic E-state index is 6.11. The summed E-state index contributed by atoms with van der Waals surface area (Å²) in [5.41, 5.74) is 2.96. The highest BCUT2D eigenvalue weighted by Crippen LogP contribution is 2.37. The average molecular weight is 311 g/mol. The van der Waals surface area contributed by atoms with E-state index in [4.69, 9.17) is 9.31 Å². The number of hydrogen-bond acceptors (Lipinski definition) is 2. The van der Waals surface area contributed by atoms with Crippen LogP contribution >= 0.6 is 15.9 Å². The van der Waals surface area contributed by atoms with Gasteiger partial charge >= 0.3 is 7.12 Å². The summed E-state index contributed by atoms with van der Waals surface area (Å²) in [5, 5.41) is 0. The Balaban J connectivity index is 2.42. The van der Waals surface area contributed by atoms with Crippen molar-refractivity contribution in [1.29, 1.82) is 0 Å². The van der Waals surface area contributed by atoms with Gasteiger partial charge in [-0.2, -0.15) is 0 Å². The van der Waals surface area contributed by atoms with Crippen LogP contribution in [0.2, 0.25) is 0 Å². The molecular formula is C14H20BBrO2. The maximum atomic E-state index is 6.11. The Morgan fingerprint density at radius 1 is 0.944 bits per heavy atom. The van der Waals surface area contributed by atoms with Crippen LogP contribution in [0.5, 0.6) is 0 Å². The molecule has 0 amide bonds. The van der Waals surface area contributed by atoms with Gasteiger partial charge in [0.2, 0.25) is 0 Å². The van der Waals surface area contributed by atoms with Gasteiger partial charge in [0.1, 0.15) is 0 Å². The summed E-state index contributed by atoms with van der Waals surface area (Å²) in [6.45, 7) is 12.5. The highest BCUT2D eigenvalue weighted by Gasteiger charge is 2.52. The zero-order valence-corrected chi connectivity index (χ0v) is 13.5. The molecule has 0 aliphatic carbocycles. The molecule has 1 aromatic carbocycles. The normalized spacial score (nSPS) is 21.4. The second-order valence-corrected chi connectivity index (χ2v) is 6.96. The molecule has 0 radical (unpaired) electrons. The van der Waals surface area contributed by atoms with Gasteiger partial charge in [0.25, 0.3) is 0 Å². The molecule has 1 fully saturated rings. The molecule has 0 aromatic heterocycles. The molecule has 18 heavy (non-hydrogen) atoms. The summed E-state index contributed by atoms with van der Waals surface area (Å²) in [7, 11) is -0.275. The third-order valence-electron chi connectivity index (χ3n) is 4.05. The molecule has 0 spiro atoms. The Kier molecular flexibility index (Phi) is 3.42. The maximum Gasteiger partial charge on any atom is 0.495 e. The fourth-order valence-corrected chi connectivity index (χ4v) is 2.94. The molecule has 1 heterocycles. The van der Waals surface area contributed by atoms with Gasteiger partial charge in [-0.25, -0.2) is 0 Å². The summed E-state index contributed by atoms with van der Waals surface area (Å²) in [4.78, 5) is 0. The summed E-state index contributed by atoms with van der Waals surface area (Å²) >= 11 is 3.52. The van der Waals surface area contributed by atoms with Gasteiger partial charge in [0.05, 0.1) is 11.2 Å². The van der Waals surface area contributed by atoms with Crippen LogP contribution in [0.15, 0.2) is 16.6 Å². The molecular weight excluding hydrogens is 291 g/mol. The van der Waals surface area contributed by atoms with E-state index >= 15 is 0 Å². The molecule has 1 aromatic rings. The third kappa shape index (κ3) is 2.26. The zero-order valence-electron chi connectivity index (χ0n) is 11.9. The Morgan fingerprint density at radius 3 is 1.72 bits per heavy atom. The number of hydrogen-bond donors (Lipinski definition) is 0. The summed E-state index contributed by atoms with van der Waals surface area (Å²) in [5.74, 6) is 0. The first kappa shape index (κ1) is 14.1. The largest absolute Gasteiger partial charge is 0.495 e. The van der Waals surface area contributed by atoms with Crippen molar-refractivity contribution in [2.75, 3.05) is 0 Å². The lowest BCUT2D eigenvalue weighted by Gasteiger charge is -2.32. The van der Waals surface area contributed by atoms with Gasteiger partial charge in [0, 0.05) is 4.47 Å². The highest BCUT2D eigenvalue weighted by molar-refractivity contribution is 9.10. The molecule has 1 aliphatic heterocycles. The Labute approximate surface area is 118 Å². The summed E-state index contributed by atoms with van der Waals surface area (Å²) in [6, 6.07) is 4.21. The lowest BCUT2D eigenvalue weighted by Crippen LogP contribution is -2.41. The van der Waals surface area contributed by atoms with E-state index in [0.717, 1.165) is 9.94 Å². The Morgan fingerprint density at radius 2 is 1.33 bits per heavy atom. The molecule has 0 atom stereocenters. The molecule has 98 valence electrons. The quantitative estimate of drug-likeness (QED) is 0.741. The van der Waals surface area contributed by atoms with E-state index in [-0.39, 0.29) is 18.3 Å². The van der Waals surface area contributed by atoms with Crippen LogP contribution in [0.1, 0.15) is 38.8 Å². The lowest BCUT2D eigenvalue weighted by molar-refractivity contribution is 0.00578. The molecule has 4 heteroatoms. The predicted molar refractivity (Wildman–Crippen MR) is 79.3 cm³/mol. The van der Waals surface area contributed by atoms with E-state index in [1.165, 1.54) is 11.1 Å². The van der Waals surface area contributed by atoms with Crippen LogP contribution in [-0.2, 0) is 9.31 Å². The first-order valence-corrected chi connectivity index (χ1v) is 7.06. The van der Waals surface area contributed by atoms with Crippen molar-refractivity contribution in [1.82, 2.24) is 0 Å². The fraction of sp³-hybridized carbons (Fsp3) is 0.571. The van der Waals surface area contributed by atoms with Crippen LogP contribution in [0.3, 0.4) is 0 Å². The number of halogens is 1. The van der Waals surface area contributed by atoms with Gasteiger partial charge in [-0.05, 0) is 70.3 Å². The first-order valence-electron chi connectivity index (χ1n) is 6.26. The molecule has 1 aliphatic rings. The van der Waals surface area contributed by atoms with Crippen LogP contribution < -0.4 is 5.46 Å². The standard InChI is InChI=1S/C14H20BBrO2/c1-9-7-11(16)8-10(2)12(9)15-17-13(3,4)14(5,6)18-15/h7-8H,1-6H3. The molecule has 2 nitrogen and oxygen atoms in total. The SMILES string of the molecule is Cc1cc(Br)cc(C)c1B1OC(C)(C)C(C)(C)O1. The Bertz CT molecular complexity index is 444. The topological polar surface area (TPSA) is 18.5 Å².